The number of piperidine rings is 1. The Hall–Kier alpha value is -1.18. The molecule has 0 aromatic carbocycles. The van der Waals surface area contributed by atoms with E-state index < -0.39 is 0 Å². The van der Waals surface area contributed by atoms with Gasteiger partial charge in [0.25, 0.3) is 5.91 Å². The average Bonchev–Trinajstić information content (AvgIpc) is 3.25. The molecule has 2 bridgehead atoms. The van der Waals surface area contributed by atoms with Gasteiger partial charge in [0.05, 0.1) is 0 Å². The average molecular weight is 364 g/mol. The summed E-state index contributed by atoms with van der Waals surface area (Å²) in [6.45, 7) is 5.95. The highest BCUT2D eigenvalue weighted by molar-refractivity contribution is 5.85. The lowest BCUT2D eigenvalue weighted by atomic mass is 9.87. The first-order chi connectivity index (χ1) is 12.6. The van der Waals surface area contributed by atoms with Gasteiger partial charge in [-0.3, -0.25) is 19.4 Å². The number of rotatable bonds is 5. The lowest BCUT2D eigenvalue weighted by Crippen LogP contribution is -2.60. The topological polar surface area (TPSA) is 79.1 Å². The number of hydrogen-bond donors (Lipinski definition) is 1. The van der Waals surface area contributed by atoms with Crippen LogP contribution in [0.5, 0.6) is 0 Å². The van der Waals surface area contributed by atoms with Crippen LogP contribution in [0.3, 0.4) is 0 Å². The van der Waals surface area contributed by atoms with Crippen LogP contribution in [-0.4, -0.2) is 90.1 Å². The summed E-state index contributed by atoms with van der Waals surface area (Å²) >= 11 is 0. The highest BCUT2D eigenvalue weighted by atomic mass is 16.5. The first-order valence-electron chi connectivity index (χ1n) is 10.3. The Labute approximate surface area is 155 Å². The second-order valence-electron chi connectivity index (χ2n) is 8.34. The van der Waals surface area contributed by atoms with Crippen molar-refractivity contribution in [2.45, 2.75) is 62.6 Å². The number of piperazine rings is 1. The van der Waals surface area contributed by atoms with Gasteiger partial charge in [0, 0.05) is 51.9 Å². The van der Waals surface area contributed by atoms with E-state index in [-0.39, 0.29) is 23.5 Å². The molecule has 0 saturated carbocycles. The van der Waals surface area contributed by atoms with Gasteiger partial charge in [-0.05, 0) is 44.9 Å². The van der Waals surface area contributed by atoms with Crippen molar-refractivity contribution in [3.8, 4) is 0 Å². The van der Waals surface area contributed by atoms with Crippen molar-refractivity contribution in [2.75, 3.05) is 45.9 Å². The summed E-state index contributed by atoms with van der Waals surface area (Å²) in [6.07, 6.45) is 6.92. The molecule has 4 heterocycles. The van der Waals surface area contributed by atoms with E-state index in [9.17, 15) is 9.59 Å². The molecule has 4 aliphatic heterocycles. The molecule has 4 rings (SSSR count). The van der Waals surface area contributed by atoms with E-state index in [1.807, 2.05) is 4.90 Å². The molecule has 146 valence electrons. The van der Waals surface area contributed by atoms with E-state index in [1.165, 1.54) is 6.42 Å². The summed E-state index contributed by atoms with van der Waals surface area (Å²) in [7, 11) is 0. The number of nitrogens with zero attached hydrogens (tertiary/aromatic N) is 3. The van der Waals surface area contributed by atoms with Gasteiger partial charge in [-0.25, -0.2) is 0 Å². The van der Waals surface area contributed by atoms with Crippen LogP contribution in [0, 0.1) is 0 Å². The Morgan fingerprint density at radius 3 is 2.50 bits per heavy atom. The first kappa shape index (κ1) is 18.2. The zero-order valence-electron chi connectivity index (χ0n) is 15.7. The van der Waals surface area contributed by atoms with Gasteiger partial charge in [-0.2, -0.15) is 0 Å². The maximum absolute atomic E-state index is 12.4. The highest BCUT2D eigenvalue weighted by Gasteiger charge is 2.52. The summed E-state index contributed by atoms with van der Waals surface area (Å²) in [5.74, 6) is 0.0376. The largest absolute Gasteiger partial charge is 0.368 e. The van der Waals surface area contributed by atoms with E-state index in [0.717, 1.165) is 84.4 Å². The fraction of sp³-hybridized carbons (Fsp3) is 0.895. The van der Waals surface area contributed by atoms with Gasteiger partial charge < -0.3 is 15.4 Å². The molecule has 4 aliphatic rings. The van der Waals surface area contributed by atoms with Crippen LogP contribution in [-0.2, 0) is 14.3 Å². The molecular weight excluding hydrogens is 332 g/mol. The summed E-state index contributed by atoms with van der Waals surface area (Å²) in [5, 5.41) is 0. The summed E-state index contributed by atoms with van der Waals surface area (Å²) < 4.78 is 5.53. The Morgan fingerprint density at radius 2 is 1.81 bits per heavy atom. The Bertz CT molecular complexity index is 539. The number of carbonyl (C=O) groups is 2. The third-order valence-electron chi connectivity index (χ3n) is 7.01. The number of amides is 2. The van der Waals surface area contributed by atoms with E-state index >= 15 is 0 Å². The van der Waals surface area contributed by atoms with Crippen molar-refractivity contribution in [2.24, 2.45) is 5.73 Å². The van der Waals surface area contributed by atoms with Gasteiger partial charge in [0.1, 0.15) is 11.6 Å². The minimum absolute atomic E-state index is 0.133. The maximum Gasteiger partial charge on any atom is 0.251 e. The standard InChI is InChI=1S/C19H32N4O3/c20-18(25)19-6-1-3-15(5-7-19)23(19)13-10-21-8-11-22(12-9-21)17(24)16-4-2-14-26-16/h15-16H,1-14H2,(H2,20,25)/t15-,16?,19+/m1/s1. The van der Waals surface area contributed by atoms with Crippen LogP contribution in [0.25, 0.3) is 0 Å². The number of carbonyl (C=O) groups excluding carboxylic acids is 2. The summed E-state index contributed by atoms with van der Waals surface area (Å²) in [6, 6.07) is 0.527. The number of fused-ring (bicyclic) bond motifs is 2. The van der Waals surface area contributed by atoms with E-state index in [2.05, 4.69) is 9.80 Å². The molecule has 0 aliphatic carbocycles. The normalized spacial score (nSPS) is 35.8. The fourth-order valence-corrected chi connectivity index (χ4v) is 5.45. The molecule has 7 heteroatoms. The molecule has 7 nitrogen and oxygen atoms in total. The second kappa shape index (κ2) is 7.44. The van der Waals surface area contributed by atoms with E-state index in [4.69, 9.17) is 10.5 Å². The minimum atomic E-state index is -0.388. The molecule has 0 spiro atoms. The third kappa shape index (κ3) is 3.25. The number of nitrogens with two attached hydrogens (primary N) is 1. The SMILES string of the molecule is NC(=O)[C@]12CCC[C@H](CC1)N2CCN1CCN(C(=O)C2CCCO2)CC1. The van der Waals surface area contributed by atoms with Gasteiger partial charge in [-0.1, -0.05) is 0 Å². The maximum atomic E-state index is 12.4. The Morgan fingerprint density at radius 1 is 1.00 bits per heavy atom. The molecule has 0 radical (unpaired) electrons. The molecule has 0 aromatic heterocycles. The summed E-state index contributed by atoms with van der Waals surface area (Å²) in [4.78, 5) is 31.4. The molecule has 1 unspecified atom stereocenters. The van der Waals surface area contributed by atoms with E-state index in [1.54, 1.807) is 0 Å². The van der Waals surface area contributed by atoms with Crippen molar-refractivity contribution in [3.05, 3.63) is 0 Å². The lowest BCUT2D eigenvalue weighted by molar-refractivity contribution is -0.143. The molecule has 3 atom stereocenters. The lowest BCUT2D eigenvalue weighted by Gasteiger charge is -2.44. The number of ether oxygens (including phenoxy) is 1. The van der Waals surface area contributed by atoms with Crippen LogP contribution in [0.1, 0.15) is 44.9 Å². The molecule has 2 amide bonds. The highest BCUT2D eigenvalue weighted by Crippen LogP contribution is 2.43. The number of primary amides is 1. The first-order valence-corrected chi connectivity index (χ1v) is 10.3. The molecule has 0 aromatic rings. The van der Waals surface area contributed by atoms with Gasteiger partial charge in [0.2, 0.25) is 5.91 Å². The van der Waals surface area contributed by atoms with Gasteiger partial charge in [0.15, 0.2) is 0 Å². The van der Waals surface area contributed by atoms with Crippen molar-refractivity contribution in [1.29, 1.82) is 0 Å². The van der Waals surface area contributed by atoms with Crippen molar-refractivity contribution in [3.63, 3.8) is 0 Å². The minimum Gasteiger partial charge on any atom is -0.368 e. The van der Waals surface area contributed by atoms with Crippen molar-refractivity contribution < 1.29 is 14.3 Å². The Kier molecular flexibility index (Phi) is 5.21. The number of hydrogen-bond acceptors (Lipinski definition) is 5. The Balaban J connectivity index is 1.27. The van der Waals surface area contributed by atoms with Crippen LogP contribution < -0.4 is 5.73 Å². The third-order valence-corrected chi connectivity index (χ3v) is 7.01. The molecule has 4 fully saturated rings. The monoisotopic (exact) mass is 364 g/mol. The second-order valence-corrected chi connectivity index (χ2v) is 8.34. The zero-order valence-corrected chi connectivity index (χ0v) is 15.7. The van der Waals surface area contributed by atoms with Crippen LogP contribution in [0.2, 0.25) is 0 Å². The van der Waals surface area contributed by atoms with Crippen molar-refractivity contribution in [1.82, 2.24) is 14.7 Å². The van der Waals surface area contributed by atoms with Crippen LogP contribution in [0.4, 0.5) is 0 Å². The van der Waals surface area contributed by atoms with Gasteiger partial charge >= 0.3 is 0 Å². The van der Waals surface area contributed by atoms with Crippen LogP contribution in [0.15, 0.2) is 0 Å². The smallest absolute Gasteiger partial charge is 0.251 e. The predicted octanol–water partition coefficient (Wildman–Crippen LogP) is 0.182. The summed E-state index contributed by atoms with van der Waals surface area (Å²) in [5.41, 5.74) is 5.41. The zero-order chi connectivity index (χ0) is 18.1. The predicted molar refractivity (Wildman–Crippen MR) is 97.5 cm³/mol. The molecule has 4 saturated heterocycles. The van der Waals surface area contributed by atoms with Crippen molar-refractivity contribution >= 4 is 11.8 Å². The molecule has 26 heavy (non-hydrogen) atoms. The molecule has 2 N–H and O–H groups in total. The van der Waals surface area contributed by atoms with E-state index in [0.29, 0.717) is 6.04 Å². The van der Waals surface area contributed by atoms with Crippen LogP contribution >= 0.6 is 0 Å². The van der Waals surface area contributed by atoms with Gasteiger partial charge in [-0.15, -0.1) is 0 Å². The quantitative estimate of drug-likeness (QED) is 0.753. The molecular formula is C19H32N4O3. The fourth-order valence-electron chi connectivity index (χ4n) is 5.45.